The zero-order chi connectivity index (χ0) is 33.9. The Hall–Kier alpha value is -5.95. The molecule has 0 bridgehead atoms. The summed E-state index contributed by atoms with van der Waals surface area (Å²) in [6.07, 6.45) is 4.35. The largest absolute Gasteiger partial charge is 0.464 e. The van der Waals surface area contributed by atoms with Crippen molar-refractivity contribution in [3.63, 3.8) is 0 Å². The number of hydrogen-bond acceptors (Lipinski definition) is 6. The fraction of sp³-hybridized carbons (Fsp3) is 0.167. The van der Waals surface area contributed by atoms with E-state index in [0.717, 1.165) is 24.0 Å². The Morgan fingerprint density at radius 1 is 0.755 bits per heavy atom. The smallest absolute Gasteiger partial charge is 0.356 e. The van der Waals surface area contributed by atoms with E-state index in [4.69, 9.17) is 0 Å². The van der Waals surface area contributed by atoms with E-state index in [1.54, 1.807) is 48.7 Å². The molecule has 2 aliphatic rings. The monoisotopic (exact) mass is 646 g/mol. The number of amides is 2. The van der Waals surface area contributed by atoms with Crippen LogP contribution in [0.5, 0.6) is 0 Å². The van der Waals surface area contributed by atoms with Crippen LogP contribution >= 0.6 is 0 Å². The molecule has 0 fully saturated rings. The predicted octanol–water partition coefficient (Wildman–Crippen LogP) is 7.76. The van der Waals surface area contributed by atoms with E-state index in [1.807, 2.05) is 36.4 Å². The van der Waals surface area contributed by atoms with Crippen molar-refractivity contribution in [2.75, 3.05) is 7.11 Å². The first-order valence-corrected chi connectivity index (χ1v) is 16.4. The highest BCUT2D eigenvalue weighted by atomic mass is 16.5. The molecule has 0 N–H and O–H groups in total. The minimum Gasteiger partial charge on any atom is -0.464 e. The van der Waals surface area contributed by atoms with Gasteiger partial charge in [-0.25, -0.2) is 9.78 Å². The zero-order valence-corrected chi connectivity index (χ0v) is 27.0. The summed E-state index contributed by atoms with van der Waals surface area (Å²) in [5.74, 6) is -1.60. The average molecular weight is 647 g/mol. The van der Waals surface area contributed by atoms with Gasteiger partial charge in [-0.05, 0) is 81.8 Å². The molecule has 242 valence electrons. The summed E-state index contributed by atoms with van der Waals surface area (Å²) in [7, 11) is 1.33. The number of ether oxygens (including phenoxy) is 1. The first-order valence-electron chi connectivity index (χ1n) is 16.4. The third-order valence-corrected chi connectivity index (χ3v) is 9.51. The van der Waals surface area contributed by atoms with Gasteiger partial charge in [-0.15, -0.1) is 0 Å². The standard InChI is InChI=1S/C35H27NO3.C7H7NO2/c37-33(29-16-8-15-25-27-18-17-23-11-4-5-12-24(23)26(27)19-20-28(25)29)32(21-22-9-2-1-3-10-22)36-34(38)30-13-6-7-14-31(30)35(36)39;1-10-7(9)6-4-2-3-5-8-6/h1-7,9-14,17-20,29,32H,8,15-16,21H2;2-5H,1H3. The Morgan fingerprint density at radius 2 is 1.43 bits per heavy atom. The van der Waals surface area contributed by atoms with E-state index >= 15 is 0 Å². The highest BCUT2D eigenvalue weighted by Gasteiger charge is 2.45. The van der Waals surface area contributed by atoms with Crippen LogP contribution in [0.1, 0.15) is 66.7 Å². The van der Waals surface area contributed by atoms with Crippen molar-refractivity contribution in [1.29, 1.82) is 0 Å². The Bertz CT molecular complexity index is 2180. The summed E-state index contributed by atoms with van der Waals surface area (Å²) in [6.45, 7) is 0. The highest BCUT2D eigenvalue weighted by Crippen LogP contribution is 2.40. The van der Waals surface area contributed by atoms with Crippen LogP contribution in [0, 0.1) is 0 Å². The molecule has 1 aliphatic carbocycles. The molecule has 2 atom stereocenters. The third kappa shape index (κ3) is 6.00. The number of benzene rings is 5. The molecule has 1 aromatic heterocycles. The van der Waals surface area contributed by atoms with Crippen molar-refractivity contribution in [3.05, 3.63) is 161 Å². The van der Waals surface area contributed by atoms with E-state index in [-0.39, 0.29) is 23.5 Å². The van der Waals surface area contributed by atoms with Crippen molar-refractivity contribution in [2.24, 2.45) is 0 Å². The highest BCUT2D eigenvalue weighted by molar-refractivity contribution is 6.23. The van der Waals surface area contributed by atoms with Gasteiger partial charge in [-0.1, -0.05) is 97.1 Å². The molecular formula is C42H34N2O5. The lowest BCUT2D eigenvalue weighted by Crippen LogP contribution is -2.48. The van der Waals surface area contributed by atoms with Crippen molar-refractivity contribution >= 4 is 45.1 Å². The van der Waals surface area contributed by atoms with Crippen LogP contribution in [-0.2, 0) is 22.4 Å². The van der Waals surface area contributed by atoms with Crippen molar-refractivity contribution < 1.29 is 23.9 Å². The van der Waals surface area contributed by atoms with Crippen molar-refractivity contribution in [3.8, 4) is 0 Å². The van der Waals surface area contributed by atoms with Crippen LogP contribution in [0.3, 0.4) is 0 Å². The topological polar surface area (TPSA) is 93.6 Å². The first-order chi connectivity index (χ1) is 24.0. The summed E-state index contributed by atoms with van der Waals surface area (Å²) >= 11 is 0. The number of hydrogen-bond donors (Lipinski definition) is 0. The lowest BCUT2D eigenvalue weighted by Gasteiger charge is -2.32. The van der Waals surface area contributed by atoms with Gasteiger partial charge in [-0.2, -0.15) is 0 Å². The number of nitrogens with zero attached hydrogens (tertiary/aromatic N) is 2. The quantitative estimate of drug-likeness (QED) is 0.104. The summed E-state index contributed by atoms with van der Waals surface area (Å²) < 4.78 is 4.43. The molecule has 7 nitrogen and oxygen atoms in total. The molecule has 2 unspecified atom stereocenters. The van der Waals surface area contributed by atoms with E-state index < -0.39 is 12.0 Å². The number of rotatable bonds is 6. The molecule has 0 saturated carbocycles. The molecule has 6 aromatic rings. The van der Waals surface area contributed by atoms with E-state index in [2.05, 4.69) is 52.2 Å². The first kappa shape index (κ1) is 31.6. The van der Waals surface area contributed by atoms with E-state index in [1.165, 1.54) is 39.1 Å². The fourth-order valence-electron chi connectivity index (χ4n) is 7.17. The third-order valence-electron chi connectivity index (χ3n) is 9.51. The lowest BCUT2D eigenvalue weighted by atomic mass is 9.76. The van der Waals surface area contributed by atoms with Gasteiger partial charge in [0.1, 0.15) is 11.7 Å². The minimum absolute atomic E-state index is 0.0607. The number of aryl methyl sites for hydroxylation is 1. The van der Waals surface area contributed by atoms with Crippen molar-refractivity contribution in [1.82, 2.24) is 9.88 Å². The maximum atomic E-state index is 14.5. The van der Waals surface area contributed by atoms with Crippen LogP contribution in [0.4, 0.5) is 0 Å². The number of imide groups is 1. The summed E-state index contributed by atoms with van der Waals surface area (Å²) in [4.78, 5) is 57.3. The molecule has 0 saturated heterocycles. The second kappa shape index (κ2) is 13.6. The second-order valence-electron chi connectivity index (χ2n) is 12.3. The lowest BCUT2D eigenvalue weighted by molar-refractivity contribution is -0.124. The van der Waals surface area contributed by atoms with Gasteiger partial charge in [0, 0.05) is 18.5 Å². The summed E-state index contributed by atoms with van der Waals surface area (Å²) in [5.41, 5.74) is 4.25. The maximum Gasteiger partial charge on any atom is 0.356 e. The van der Waals surface area contributed by atoms with E-state index in [0.29, 0.717) is 29.7 Å². The van der Waals surface area contributed by atoms with Crippen molar-refractivity contribution in [2.45, 2.75) is 37.6 Å². The molecular weight excluding hydrogens is 612 g/mol. The Labute approximate surface area is 284 Å². The number of methoxy groups -OCH3 is 1. The number of carbonyl (C=O) groups excluding carboxylic acids is 4. The van der Waals surface area contributed by atoms with Crippen LogP contribution in [0.25, 0.3) is 21.5 Å². The number of pyridine rings is 1. The van der Waals surface area contributed by atoms with Crippen LogP contribution < -0.4 is 0 Å². The molecule has 2 heterocycles. The summed E-state index contributed by atoms with van der Waals surface area (Å²) in [5, 5.41) is 4.78. The van der Waals surface area contributed by atoms with Gasteiger partial charge >= 0.3 is 5.97 Å². The predicted molar refractivity (Wildman–Crippen MR) is 189 cm³/mol. The molecule has 5 aromatic carbocycles. The SMILES string of the molecule is COC(=O)c1ccccn1.O=C(C1CCCc2c1ccc1c2ccc2ccccc21)C(Cc1ccccc1)N1C(=O)c2ccccc2C1=O. The number of ketones is 1. The van der Waals surface area contributed by atoms with Gasteiger partial charge in [0.05, 0.1) is 18.2 Å². The normalized spacial score (nSPS) is 15.6. The van der Waals surface area contributed by atoms with Gasteiger partial charge in [0.25, 0.3) is 11.8 Å². The van der Waals surface area contributed by atoms with Gasteiger partial charge in [-0.3, -0.25) is 19.3 Å². The number of carbonyl (C=O) groups is 4. The molecule has 8 rings (SSSR count). The second-order valence-corrected chi connectivity index (χ2v) is 12.3. The van der Waals surface area contributed by atoms with Crippen LogP contribution in [0.15, 0.2) is 128 Å². The Balaban J connectivity index is 0.000000327. The van der Waals surface area contributed by atoms with Gasteiger partial charge < -0.3 is 4.74 Å². The average Bonchev–Trinajstić information content (AvgIpc) is 3.42. The molecule has 1 aliphatic heterocycles. The molecule has 49 heavy (non-hydrogen) atoms. The fourth-order valence-corrected chi connectivity index (χ4v) is 7.17. The Kier molecular flexibility index (Phi) is 8.81. The van der Waals surface area contributed by atoms with Crippen LogP contribution in [-0.4, -0.2) is 46.6 Å². The molecule has 0 spiro atoms. The van der Waals surface area contributed by atoms with Gasteiger partial charge in [0.2, 0.25) is 0 Å². The molecule has 2 amide bonds. The molecule has 7 heteroatoms. The number of Topliss-reactive ketones (excluding diaryl/α,β-unsaturated/α-hetero) is 1. The van der Waals surface area contributed by atoms with E-state index in [9.17, 15) is 19.2 Å². The number of fused-ring (bicyclic) bond motifs is 6. The number of aromatic nitrogens is 1. The Morgan fingerprint density at radius 3 is 2.14 bits per heavy atom. The van der Waals surface area contributed by atoms with Gasteiger partial charge in [0.15, 0.2) is 5.78 Å². The summed E-state index contributed by atoms with van der Waals surface area (Å²) in [6, 6.07) is 37.7. The molecule has 0 radical (unpaired) electrons. The maximum absolute atomic E-state index is 14.5. The zero-order valence-electron chi connectivity index (χ0n) is 27.0. The van der Waals surface area contributed by atoms with Crippen LogP contribution in [0.2, 0.25) is 0 Å². The minimum atomic E-state index is -0.872. The number of esters is 1.